The molecule has 1 N–H and O–H groups in total. The molecule has 0 aliphatic heterocycles. The van der Waals surface area contributed by atoms with Crippen molar-refractivity contribution in [3.8, 4) is 0 Å². The van der Waals surface area contributed by atoms with Gasteiger partial charge in [-0.2, -0.15) is 0 Å². The first-order valence-corrected chi connectivity index (χ1v) is 11.0. The molecule has 1 atom stereocenters. The molecule has 162 valence electrons. The Hall–Kier alpha value is -2.62. The van der Waals surface area contributed by atoms with Gasteiger partial charge in [-0.25, -0.2) is 0 Å². The summed E-state index contributed by atoms with van der Waals surface area (Å²) >= 11 is 0. The molecule has 2 aromatic rings. The molecule has 30 heavy (non-hydrogen) atoms. The Morgan fingerprint density at radius 3 is 2.27 bits per heavy atom. The molecule has 0 spiro atoms. The lowest BCUT2D eigenvalue weighted by molar-refractivity contribution is -0.141. The number of benzene rings is 2. The van der Waals surface area contributed by atoms with Gasteiger partial charge in [-0.1, -0.05) is 80.4 Å². The van der Waals surface area contributed by atoms with Crippen LogP contribution >= 0.6 is 0 Å². The number of carbonyl (C=O) groups excluding carboxylic acids is 2. The minimum atomic E-state index is -0.463. The Morgan fingerprint density at radius 1 is 0.967 bits per heavy atom. The molecule has 2 amide bonds. The third-order valence-electron chi connectivity index (χ3n) is 5.25. The molecule has 4 nitrogen and oxygen atoms in total. The quantitative estimate of drug-likeness (QED) is 0.613. The van der Waals surface area contributed by atoms with Crippen molar-refractivity contribution in [3.05, 3.63) is 70.8 Å². The van der Waals surface area contributed by atoms with Gasteiger partial charge in [0, 0.05) is 19.5 Å². The Kier molecular flexibility index (Phi) is 9.10. The van der Waals surface area contributed by atoms with E-state index in [1.54, 1.807) is 4.90 Å². The van der Waals surface area contributed by atoms with Crippen LogP contribution in [0.15, 0.2) is 48.5 Å². The molecular formula is C26H36N2O2. The SMILES string of the molecule is CC[C@@H](C(=O)NCC(C)C)N(Cc1cccc(C)c1)C(=O)CCc1ccc(C)cc1. The summed E-state index contributed by atoms with van der Waals surface area (Å²) in [5.74, 6) is 0.320. The van der Waals surface area contributed by atoms with Gasteiger partial charge in [0.2, 0.25) is 11.8 Å². The van der Waals surface area contributed by atoms with Gasteiger partial charge in [-0.15, -0.1) is 0 Å². The average Bonchev–Trinajstić information content (AvgIpc) is 2.71. The largest absolute Gasteiger partial charge is 0.354 e. The topological polar surface area (TPSA) is 49.4 Å². The molecule has 0 aliphatic rings. The van der Waals surface area contributed by atoms with Crippen molar-refractivity contribution < 1.29 is 9.59 Å². The second-order valence-electron chi connectivity index (χ2n) is 8.56. The molecule has 0 saturated heterocycles. The van der Waals surface area contributed by atoms with Crippen molar-refractivity contribution in [3.63, 3.8) is 0 Å². The van der Waals surface area contributed by atoms with Gasteiger partial charge in [-0.05, 0) is 43.7 Å². The lowest BCUT2D eigenvalue weighted by atomic mass is 10.0. The number of amides is 2. The van der Waals surface area contributed by atoms with Gasteiger partial charge in [-0.3, -0.25) is 9.59 Å². The summed E-state index contributed by atoms with van der Waals surface area (Å²) in [5.41, 5.74) is 4.55. The first kappa shape index (κ1) is 23.7. The Labute approximate surface area is 181 Å². The van der Waals surface area contributed by atoms with Crippen molar-refractivity contribution in [2.45, 2.75) is 66.5 Å². The van der Waals surface area contributed by atoms with Crippen molar-refractivity contribution in [2.75, 3.05) is 6.54 Å². The average molecular weight is 409 g/mol. The van der Waals surface area contributed by atoms with Crippen LogP contribution in [0, 0.1) is 19.8 Å². The second kappa shape index (κ2) is 11.5. The summed E-state index contributed by atoms with van der Waals surface area (Å²) in [6, 6.07) is 16.0. The highest BCUT2D eigenvalue weighted by Gasteiger charge is 2.28. The molecule has 0 unspecified atom stereocenters. The van der Waals surface area contributed by atoms with Crippen LogP contribution in [0.1, 0.15) is 55.9 Å². The lowest BCUT2D eigenvalue weighted by Gasteiger charge is -2.31. The van der Waals surface area contributed by atoms with Crippen LogP contribution in [0.3, 0.4) is 0 Å². The molecule has 2 aromatic carbocycles. The minimum absolute atomic E-state index is 0.0172. The van der Waals surface area contributed by atoms with Gasteiger partial charge < -0.3 is 10.2 Å². The number of carbonyl (C=O) groups is 2. The Bertz CT molecular complexity index is 827. The molecule has 0 saturated carbocycles. The number of hydrogen-bond donors (Lipinski definition) is 1. The predicted molar refractivity (Wildman–Crippen MR) is 123 cm³/mol. The van der Waals surface area contributed by atoms with E-state index in [9.17, 15) is 9.59 Å². The number of rotatable bonds is 10. The summed E-state index contributed by atoms with van der Waals surface area (Å²) in [4.78, 5) is 27.9. The smallest absolute Gasteiger partial charge is 0.242 e. The maximum absolute atomic E-state index is 13.3. The van der Waals surface area contributed by atoms with Crippen LogP contribution in [-0.4, -0.2) is 29.3 Å². The lowest BCUT2D eigenvalue weighted by Crippen LogP contribution is -2.49. The highest BCUT2D eigenvalue weighted by molar-refractivity contribution is 5.87. The highest BCUT2D eigenvalue weighted by atomic mass is 16.2. The van der Waals surface area contributed by atoms with Crippen molar-refractivity contribution in [2.24, 2.45) is 5.92 Å². The molecule has 0 aliphatic carbocycles. The molecule has 0 aromatic heterocycles. The van der Waals surface area contributed by atoms with Gasteiger partial charge in [0.1, 0.15) is 6.04 Å². The zero-order valence-electron chi connectivity index (χ0n) is 19.1. The standard InChI is InChI=1S/C26H36N2O2/c1-6-24(26(30)27-17-19(2)3)28(18-23-9-7-8-21(5)16-23)25(29)15-14-22-12-10-20(4)11-13-22/h7-13,16,19,24H,6,14-15,17-18H2,1-5H3,(H,27,30)/t24-/m0/s1. The van der Waals surface area contributed by atoms with Crippen LogP contribution in [-0.2, 0) is 22.6 Å². The zero-order chi connectivity index (χ0) is 22.1. The highest BCUT2D eigenvalue weighted by Crippen LogP contribution is 2.16. The normalized spacial score (nSPS) is 11.9. The molecule has 0 bridgehead atoms. The predicted octanol–water partition coefficient (Wildman–Crippen LogP) is 4.82. The monoisotopic (exact) mass is 408 g/mol. The van der Waals surface area contributed by atoms with E-state index in [0.717, 1.165) is 16.7 Å². The van der Waals surface area contributed by atoms with Crippen molar-refractivity contribution in [1.82, 2.24) is 10.2 Å². The number of nitrogens with zero attached hydrogens (tertiary/aromatic N) is 1. The van der Waals surface area contributed by atoms with Crippen LogP contribution in [0.2, 0.25) is 0 Å². The fourth-order valence-corrected chi connectivity index (χ4v) is 3.50. The number of aryl methyl sites for hydroxylation is 3. The van der Waals surface area contributed by atoms with E-state index >= 15 is 0 Å². The van der Waals surface area contributed by atoms with Gasteiger partial charge in [0.25, 0.3) is 0 Å². The third-order valence-corrected chi connectivity index (χ3v) is 5.25. The van der Waals surface area contributed by atoms with Crippen LogP contribution in [0.25, 0.3) is 0 Å². The zero-order valence-corrected chi connectivity index (χ0v) is 19.1. The number of hydrogen-bond acceptors (Lipinski definition) is 2. The van der Waals surface area contributed by atoms with Crippen molar-refractivity contribution in [1.29, 1.82) is 0 Å². The molecule has 0 fully saturated rings. The van der Waals surface area contributed by atoms with E-state index in [1.807, 2.05) is 32.0 Å². The minimum Gasteiger partial charge on any atom is -0.354 e. The number of nitrogens with one attached hydrogen (secondary N) is 1. The summed E-state index contributed by atoms with van der Waals surface area (Å²) < 4.78 is 0. The maximum atomic E-state index is 13.3. The fourth-order valence-electron chi connectivity index (χ4n) is 3.50. The van der Waals surface area contributed by atoms with Gasteiger partial charge in [0.05, 0.1) is 0 Å². The Morgan fingerprint density at radius 2 is 1.67 bits per heavy atom. The van der Waals surface area contributed by atoms with Crippen LogP contribution in [0.4, 0.5) is 0 Å². The Balaban J connectivity index is 2.18. The van der Waals surface area contributed by atoms with E-state index in [4.69, 9.17) is 0 Å². The first-order valence-electron chi connectivity index (χ1n) is 11.0. The van der Waals surface area contributed by atoms with Gasteiger partial charge in [0.15, 0.2) is 0 Å². The van der Waals surface area contributed by atoms with Gasteiger partial charge >= 0.3 is 0 Å². The molecular weight excluding hydrogens is 372 g/mol. The van der Waals surface area contributed by atoms with E-state index in [-0.39, 0.29) is 11.8 Å². The molecule has 0 radical (unpaired) electrons. The summed E-state index contributed by atoms with van der Waals surface area (Å²) in [5, 5.41) is 3.01. The molecule has 2 rings (SSSR count). The van der Waals surface area contributed by atoms with Crippen LogP contribution < -0.4 is 5.32 Å². The van der Waals surface area contributed by atoms with Crippen molar-refractivity contribution >= 4 is 11.8 Å². The van der Waals surface area contributed by atoms with E-state index in [1.165, 1.54) is 5.56 Å². The first-order chi connectivity index (χ1) is 14.3. The molecule has 4 heteroatoms. The maximum Gasteiger partial charge on any atom is 0.242 e. The molecule has 0 heterocycles. The summed E-state index contributed by atoms with van der Waals surface area (Å²) in [6.45, 7) is 11.3. The van der Waals surface area contributed by atoms with E-state index in [0.29, 0.717) is 38.3 Å². The van der Waals surface area contributed by atoms with E-state index < -0.39 is 6.04 Å². The third kappa shape index (κ3) is 7.33. The van der Waals surface area contributed by atoms with E-state index in [2.05, 4.69) is 56.4 Å². The fraction of sp³-hybridized carbons (Fsp3) is 0.462. The summed E-state index contributed by atoms with van der Waals surface area (Å²) in [6.07, 6.45) is 1.66. The van der Waals surface area contributed by atoms with Crippen LogP contribution in [0.5, 0.6) is 0 Å². The second-order valence-corrected chi connectivity index (χ2v) is 8.56. The summed E-state index contributed by atoms with van der Waals surface area (Å²) in [7, 11) is 0.